The number of pyridine rings is 4. The van der Waals surface area contributed by atoms with Gasteiger partial charge in [-0.3, -0.25) is 0 Å². The van der Waals surface area contributed by atoms with E-state index in [1.165, 1.54) is 108 Å². The molecule has 12 aliphatic rings. The molecule has 16 nitrogen and oxygen atoms in total. The minimum absolute atomic E-state index is 0.00166. The number of Topliss-reactive ketones (excluding diaryl/α,β-unsaturated/α-hetero) is 8. The van der Waals surface area contributed by atoms with E-state index < -0.39 is 58.4 Å². The molecule has 0 saturated heterocycles. The second-order valence-corrected chi connectivity index (χ2v) is 68.2. The topological polar surface area (TPSA) is 201 Å². The van der Waals surface area contributed by atoms with Gasteiger partial charge in [0, 0.05) is 0 Å². The van der Waals surface area contributed by atoms with Crippen molar-refractivity contribution in [2.24, 2.45) is 0 Å². The van der Waals surface area contributed by atoms with Crippen molar-refractivity contribution in [3.8, 4) is 0 Å². The normalized spacial score (nSPS) is 18.3. The molecular formula is C118H89F3N8O8Se4Si4. The first kappa shape index (κ1) is 92.6. The maximum atomic E-state index is 15.1. The predicted octanol–water partition coefficient (Wildman–Crippen LogP) is 19.2. The maximum absolute atomic E-state index is 15.1. The Morgan fingerprint density at radius 3 is 0.834 bits per heavy atom. The molecule has 0 amide bonds. The number of ketones is 8. The van der Waals surface area contributed by atoms with E-state index in [0.29, 0.717) is 65.0 Å². The van der Waals surface area contributed by atoms with Gasteiger partial charge in [-0.2, -0.15) is 0 Å². The van der Waals surface area contributed by atoms with E-state index in [4.69, 9.17) is 19.9 Å². The molecule has 0 fully saturated rings. The molecule has 0 saturated carbocycles. The van der Waals surface area contributed by atoms with Gasteiger partial charge in [-0.25, -0.2) is 0 Å². The number of rotatable bonds is 4. The van der Waals surface area contributed by atoms with Crippen molar-refractivity contribution in [3.63, 3.8) is 0 Å². The number of hydrogen-bond donors (Lipinski definition) is 0. The number of alkyl halides is 3. The third-order valence-electron chi connectivity index (χ3n) is 31.8. The van der Waals surface area contributed by atoms with Gasteiger partial charge in [0.15, 0.2) is 0 Å². The minimum atomic E-state index is -4.57. The van der Waals surface area contributed by atoms with Gasteiger partial charge in [0.2, 0.25) is 0 Å². The van der Waals surface area contributed by atoms with Crippen molar-refractivity contribution in [1.82, 2.24) is 19.9 Å². The van der Waals surface area contributed by atoms with Crippen LogP contribution in [-0.2, 0) is 22.7 Å². The van der Waals surface area contributed by atoms with Crippen molar-refractivity contribution in [2.45, 2.75) is 116 Å². The second-order valence-electron chi connectivity index (χ2n) is 41.9. The zero-order valence-electron chi connectivity index (χ0n) is 81.0. The first-order valence-electron chi connectivity index (χ1n) is 48.1. The summed E-state index contributed by atoms with van der Waals surface area (Å²) in [7, 11) is -8.10. The molecule has 8 aromatic heterocycles. The van der Waals surface area contributed by atoms with Gasteiger partial charge in [-0.1, -0.05) is 0 Å². The van der Waals surface area contributed by atoms with E-state index in [1.807, 2.05) is 102 Å². The van der Waals surface area contributed by atoms with Gasteiger partial charge >= 0.3 is 870 Å². The average molecular weight is 2230 g/mol. The van der Waals surface area contributed by atoms with Gasteiger partial charge < -0.3 is 0 Å². The first-order chi connectivity index (χ1) is 69.3. The summed E-state index contributed by atoms with van der Waals surface area (Å²) < 4.78 is 53.5. The van der Waals surface area contributed by atoms with Gasteiger partial charge in [-0.15, -0.1) is 0 Å². The van der Waals surface area contributed by atoms with Gasteiger partial charge in [0.05, 0.1) is 0 Å². The Hall–Kier alpha value is -13.5. The number of aromatic nitrogens is 4. The van der Waals surface area contributed by atoms with Crippen LogP contribution in [0.25, 0.3) is 24.3 Å². The molecule has 8 aliphatic heterocycles. The third-order valence-corrected chi connectivity index (χ3v) is 54.8. The Balaban J connectivity index is 0.000000101. The van der Waals surface area contributed by atoms with E-state index in [9.17, 15) is 38.4 Å². The second kappa shape index (κ2) is 32.5. The van der Waals surface area contributed by atoms with Crippen LogP contribution < -0.4 is 61.1 Å². The summed E-state index contributed by atoms with van der Waals surface area (Å²) in [5.41, 5.74) is 14.6. The number of benzene rings is 8. The monoisotopic (exact) mass is 2230 g/mol. The molecule has 0 N–H and O–H groups in total. The standard InChI is InChI=1S/C30H21F3N2O2SeSi.2C30H24N2O2SeSi.C28H20N2O2SeSi/c1-29(30(31,32)33)20-10-6-11-22-24(20)35(27-23(39(22,2)3)12-7-13-34-27)28-21(29)15-16(38-28)14-19-25(36)17-8-4-5-9-18(17)26(19)37;2*1-30(2)21-11-7-12-23-25(21)32(28-24(36(23,3)4)13-8-14-31-28)29-22(30)16-17(35-29)15-20-26(33)18-9-5-6-10-19(18)27(20)34;1-34(2)22-10-5-7-16-13-17-14-18(15-21-25(31)19-8-3-4-9-20(19)26(21)32)33-28(17)30(24(16)22)27-23(34)11-6-12-29-27/h4-15H,1-3H3;2*5-16H,1-4H3;3-12,14-15H,13H2,1-2H3. The molecule has 16 heterocycles. The van der Waals surface area contributed by atoms with Crippen LogP contribution in [0.15, 0.2) is 290 Å². The van der Waals surface area contributed by atoms with E-state index in [-0.39, 0.29) is 134 Å². The summed E-state index contributed by atoms with van der Waals surface area (Å²) in [6, 6.07) is 78.5. The number of hydrogen-bond acceptors (Lipinski definition) is 16. The molecule has 710 valence electrons. The number of allylic oxidation sites excluding steroid dienone is 4. The van der Waals surface area contributed by atoms with E-state index in [0.717, 1.165) is 47.6 Å². The van der Waals surface area contributed by atoms with Crippen LogP contribution in [-0.4, -0.2) is 163 Å². The van der Waals surface area contributed by atoms with Gasteiger partial charge in [-0.05, 0) is 0 Å². The average Bonchev–Trinajstić information content (AvgIpc) is 1.67. The van der Waals surface area contributed by atoms with Gasteiger partial charge in [0.1, 0.15) is 0 Å². The molecule has 28 rings (SSSR count). The van der Waals surface area contributed by atoms with E-state index in [2.05, 4.69) is 198 Å². The Labute approximate surface area is 862 Å². The Bertz CT molecular complexity index is 8430. The number of para-hydroxylation sites is 4. The number of halogens is 3. The molecule has 16 aromatic rings. The van der Waals surface area contributed by atoms with Crippen LogP contribution in [0, 0.1) is 0 Å². The molecule has 0 bridgehead atoms. The fraction of sp³-hybridized carbons (Fsp3) is 0.153. The summed E-state index contributed by atoms with van der Waals surface area (Å²) in [6.07, 6.45) is 10.7. The molecule has 0 radical (unpaired) electrons. The molecule has 1 atom stereocenters. The zero-order chi connectivity index (χ0) is 101. The molecule has 27 heteroatoms. The summed E-state index contributed by atoms with van der Waals surface area (Å²) in [6.45, 7) is 29.2. The summed E-state index contributed by atoms with van der Waals surface area (Å²) in [5.74, 6) is 2.04. The number of anilines is 12. The Morgan fingerprint density at radius 2 is 0.524 bits per heavy atom. The molecule has 0 spiro atoms. The molecule has 4 aliphatic carbocycles. The molecule has 145 heavy (non-hydrogen) atoms. The van der Waals surface area contributed by atoms with Crippen LogP contribution in [0.4, 0.5) is 77.4 Å². The molecule has 1 unspecified atom stereocenters. The van der Waals surface area contributed by atoms with Crippen molar-refractivity contribution < 1.29 is 51.5 Å². The molecular weight excluding hydrogens is 2140 g/mol. The first-order valence-corrected chi connectivity index (χ1v) is 67.0. The quantitative estimate of drug-likeness (QED) is 0.0914. The van der Waals surface area contributed by atoms with Crippen molar-refractivity contribution >= 4 is 267 Å². The van der Waals surface area contributed by atoms with E-state index >= 15 is 13.2 Å². The predicted molar refractivity (Wildman–Crippen MR) is 582 cm³/mol. The van der Waals surface area contributed by atoms with Crippen LogP contribution in [0.5, 0.6) is 0 Å². The van der Waals surface area contributed by atoms with Crippen LogP contribution in [0.3, 0.4) is 0 Å². The molecule has 8 aromatic carbocycles. The van der Waals surface area contributed by atoms with Crippen LogP contribution in [0.2, 0.25) is 52.4 Å². The fourth-order valence-electron chi connectivity index (χ4n) is 23.9. The summed E-state index contributed by atoms with van der Waals surface area (Å²) >= 11 is -0.776. The fourth-order valence-corrected chi connectivity index (χ4v) is 45.8. The van der Waals surface area contributed by atoms with E-state index in [1.54, 1.807) is 85.1 Å². The van der Waals surface area contributed by atoms with Crippen molar-refractivity contribution in [1.29, 1.82) is 0 Å². The van der Waals surface area contributed by atoms with Crippen molar-refractivity contribution in [2.75, 3.05) is 19.6 Å². The Kier molecular flexibility index (Phi) is 20.8. The summed E-state index contributed by atoms with van der Waals surface area (Å²) in [4.78, 5) is 133. The number of carbonyl (C=O) groups is 8. The number of nitrogens with zero attached hydrogens (tertiary/aromatic N) is 8. The van der Waals surface area contributed by atoms with Gasteiger partial charge in [0.25, 0.3) is 0 Å². The Morgan fingerprint density at radius 1 is 0.276 bits per heavy atom. The SMILES string of the molecule is CC1(C(F)(F)F)c2cc(C=C3C(=O)c4ccccc4C3=O)[se]c2N2c3ncccc3[Si](C)(C)c3cccc1c32.CC1(C)c2cc(C=C3C(=O)c4ccccc4C3=O)[se]c2N2c3ncccc3[Si](C)(C)c3cccc1c32.CC1(C)c2cc(C=C3C(=O)c4ccccc4C3=O)[se]c2N2c3ncccc3[Si](C)(C)c3cccc1c32.C[Si]1(C)c2cccnc2N2c3[se]c(C=C4C(=O)c5ccccc5C4=O)cc3Cc3cccc1c32. The summed E-state index contributed by atoms with van der Waals surface area (Å²) in [5, 5.41) is 10.4. The van der Waals surface area contributed by atoms with Crippen LogP contribution in [0.1, 0.15) is 180 Å². The zero-order valence-corrected chi connectivity index (χ0v) is 91.9. The number of carbonyl (C=O) groups excluding carboxylic acids is 8. The third kappa shape index (κ3) is 13.2. The van der Waals surface area contributed by atoms with Crippen LogP contribution >= 0.6 is 0 Å². The van der Waals surface area contributed by atoms with Crippen molar-refractivity contribution in [3.05, 3.63) is 396 Å². The number of fused-ring (bicyclic) bond motifs is 20.